The van der Waals surface area contributed by atoms with Crippen molar-refractivity contribution < 1.29 is 14.6 Å². The molecule has 2 aromatic rings. The van der Waals surface area contributed by atoms with E-state index in [2.05, 4.69) is 5.32 Å². The minimum atomic E-state index is -0.482. The molecule has 112 valence electrons. The van der Waals surface area contributed by atoms with Gasteiger partial charge in [0.05, 0.1) is 6.10 Å². The Balaban J connectivity index is 1.82. The fourth-order valence-corrected chi connectivity index (χ4v) is 2.68. The number of carbonyl (C=O) groups excluding carboxylic acids is 1. The summed E-state index contributed by atoms with van der Waals surface area (Å²) in [5, 5.41) is 12.5. The lowest BCUT2D eigenvalue weighted by molar-refractivity contribution is -0.136. The minimum Gasteiger partial charge on any atom is -0.525 e. The summed E-state index contributed by atoms with van der Waals surface area (Å²) in [5.74, 6) is -0.325. The third-order valence-electron chi connectivity index (χ3n) is 3.83. The first-order valence-corrected chi connectivity index (χ1v) is 7.46. The Morgan fingerprint density at radius 2 is 1.59 bits per heavy atom. The predicted octanol–water partition coefficient (Wildman–Crippen LogP) is 0.0583. The molecule has 2 N–H and O–H groups in total. The molecule has 0 aliphatic carbocycles. The van der Waals surface area contributed by atoms with E-state index in [1.807, 2.05) is 60.7 Å². The number of carbonyl (C=O) groups is 1. The minimum absolute atomic E-state index is 0.325. The van der Waals surface area contributed by atoms with Crippen molar-refractivity contribution in [3.8, 4) is 0 Å². The zero-order valence-electron chi connectivity index (χ0n) is 12.2. The summed E-state index contributed by atoms with van der Waals surface area (Å²) in [6.45, 7) is -0.00405. The van der Waals surface area contributed by atoms with Crippen LogP contribution in [0.25, 0.3) is 0 Å². The smallest absolute Gasteiger partial charge is 0.429 e. The average Bonchev–Trinajstić information content (AvgIpc) is 3.01. The number of aliphatic hydroxyl groups is 1. The van der Waals surface area contributed by atoms with Crippen molar-refractivity contribution in [2.24, 2.45) is 0 Å². The van der Waals surface area contributed by atoms with Crippen LogP contribution in [-0.4, -0.2) is 36.7 Å². The van der Waals surface area contributed by atoms with Gasteiger partial charge < -0.3 is 15.1 Å². The van der Waals surface area contributed by atoms with Gasteiger partial charge in [-0.3, -0.25) is 4.79 Å². The Bertz CT molecular complexity index is 581. The Morgan fingerprint density at radius 1 is 1.05 bits per heavy atom. The van der Waals surface area contributed by atoms with Gasteiger partial charge in [-0.25, -0.2) is 0 Å². The molecule has 0 saturated carbocycles. The largest absolute Gasteiger partial charge is 0.525 e. The first kappa shape index (κ1) is 14.8. The molecule has 1 aliphatic heterocycles. The topological polar surface area (TPSA) is 58.6 Å². The van der Waals surface area contributed by atoms with Crippen LogP contribution in [0.3, 0.4) is 0 Å². The van der Waals surface area contributed by atoms with Crippen molar-refractivity contribution in [3.05, 3.63) is 60.7 Å². The highest BCUT2D eigenvalue weighted by Gasteiger charge is 2.33. The van der Waals surface area contributed by atoms with Gasteiger partial charge in [0, 0.05) is 13.0 Å². The number of hydrogen-bond acceptors (Lipinski definition) is 4. The van der Waals surface area contributed by atoms with E-state index in [4.69, 9.17) is 4.65 Å². The summed E-state index contributed by atoms with van der Waals surface area (Å²) in [4.78, 5) is 12.4. The van der Waals surface area contributed by atoms with Crippen molar-refractivity contribution >= 4 is 23.8 Å². The molecule has 0 aromatic heterocycles. The maximum atomic E-state index is 12.4. The summed E-state index contributed by atoms with van der Waals surface area (Å²) < 4.78 is 5.74. The Hall–Kier alpha value is -2.11. The van der Waals surface area contributed by atoms with Crippen LogP contribution in [0.1, 0.15) is 6.42 Å². The normalized spacial score (nSPS) is 20.6. The number of benzene rings is 2. The second kappa shape index (κ2) is 6.77. The Morgan fingerprint density at radius 3 is 2.05 bits per heavy atom. The average molecular weight is 295 g/mol. The van der Waals surface area contributed by atoms with Gasteiger partial charge in [0.1, 0.15) is 6.04 Å². The van der Waals surface area contributed by atoms with Gasteiger partial charge in [-0.05, 0) is 10.9 Å². The summed E-state index contributed by atoms with van der Waals surface area (Å²) >= 11 is 0. The molecule has 4 nitrogen and oxygen atoms in total. The molecule has 0 amide bonds. The SMILES string of the molecule is O=C(OB(c1ccccc1)c1ccccc1)C1CC(O)CN1. The lowest BCUT2D eigenvalue weighted by Gasteiger charge is -2.18. The molecule has 0 radical (unpaired) electrons. The molecule has 2 atom stereocenters. The zero-order chi connectivity index (χ0) is 15.4. The van der Waals surface area contributed by atoms with E-state index < -0.39 is 19.1 Å². The fourth-order valence-electron chi connectivity index (χ4n) is 2.68. The molecular formula is C17H18BNO3. The zero-order valence-corrected chi connectivity index (χ0v) is 12.2. The van der Waals surface area contributed by atoms with Crippen LogP contribution in [0, 0.1) is 0 Å². The lowest BCUT2D eigenvalue weighted by atomic mass is 9.55. The van der Waals surface area contributed by atoms with Gasteiger partial charge in [0.25, 0.3) is 0 Å². The van der Waals surface area contributed by atoms with Crippen molar-refractivity contribution in [1.29, 1.82) is 0 Å². The van der Waals surface area contributed by atoms with Crippen LogP contribution in [0.2, 0.25) is 0 Å². The molecular weight excluding hydrogens is 277 g/mol. The Kier molecular flexibility index (Phi) is 4.56. The van der Waals surface area contributed by atoms with E-state index in [0.717, 1.165) is 10.9 Å². The fraction of sp³-hybridized carbons (Fsp3) is 0.235. The first-order chi connectivity index (χ1) is 10.7. The molecule has 2 unspecified atom stereocenters. The van der Waals surface area contributed by atoms with E-state index in [0.29, 0.717) is 13.0 Å². The molecule has 0 spiro atoms. The maximum Gasteiger partial charge on any atom is 0.429 e. The molecule has 3 rings (SSSR count). The number of nitrogens with one attached hydrogen (secondary N) is 1. The lowest BCUT2D eigenvalue weighted by Crippen LogP contribution is -2.49. The van der Waals surface area contributed by atoms with Crippen LogP contribution in [-0.2, 0) is 9.45 Å². The molecule has 5 heteroatoms. The molecule has 1 fully saturated rings. The van der Waals surface area contributed by atoms with Gasteiger partial charge in [-0.1, -0.05) is 60.7 Å². The first-order valence-electron chi connectivity index (χ1n) is 7.46. The Labute approximate surface area is 130 Å². The van der Waals surface area contributed by atoms with Crippen molar-refractivity contribution in [1.82, 2.24) is 5.32 Å². The third kappa shape index (κ3) is 3.38. The highest BCUT2D eigenvalue weighted by atomic mass is 16.5. The second-order valence-electron chi connectivity index (χ2n) is 5.49. The summed E-state index contributed by atoms with van der Waals surface area (Å²) in [5.41, 5.74) is 1.86. The van der Waals surface area contributed by atoms with Crippen molar-refractivity contribution in [3.63, 3.8) is 0 Å². The highest BCUT2D eigenvalue weighted by molar-refractivity contribution is 6.81. The highest BCUT2D eigenvalue weighted by Crippen LogP contribution is 2.08. The standard InChI is InChI=1S/C17H18BNO3/c20-15-11-16(19-12-15)17(21)22-18(13-7-3-1-4-8-13)14-9-5-2-6-10-14/h1-10,15-16,19-20H,11-12H2. The summed E-state index contributed by atoms with van der Waals surface area (Å²) in [6, 6.07) is 18.9. The van der Waals surface area contributed by atoms with E-state index in [1.165, 1.54) is 0 Å². The van der Waals surface area contributed by atoms with Crippen LogP contribution in [0.15, 0.2) is 60.7 Å². The van der Waals surface area contributed by atoms with E-state index >= 15 is 0 Å². The molecule has 22 heavy (non-hydrogen) atoms. The quantitative estimate of drug-likeness (QED) is 0.783. The molecule has 1 aliphatic rings. The maximum absolute atomic E-state index is 12.4. The van der Waals surface area contributed by atoms with Crippen LogP contribution >= 0.6 is 0 Å². The van der Waals surface area contributed by atoms with Gasteiger partial charge >= 0.3 is 12.9 Å². The van der Waals surface area contributed by atoms with E-state index in [-0.39, 0.29) is 5.97 Å². The summed E-state index contributed by atoms with van der Waals surface area (Å²) in [6.07, 6.45) is -0.0840. The number of β-amino-alcohol motifs (C(OH)–C–C–N with tert-alkyl or cyclic N) is 1. The monoisotopic (exact) mass is 295 g/mol. The van der Waals surface area contributed by atoms with Crippen LogP contribution < -0.4 is 16.2 Å². The van der Waals surface area contributed by atoms with Crippen molar-refractivity contribution in [2.75, 3.05) is 6.54 Å². The number of hydrogen-bond donors (Lipinski definition) is 2. The molecule has 0 bridgehead atoms. The van der Waals surface area contributed by atoms with Gasteiger partial charge in [-0.2, -0.15) is 0 Å². The third-order valence-corrected chi connectivity index (χ3v) is 3.83. The van der Waals surface area contributed by atoms with Gasteiger partial charge in [0.2, 0.25) is 0 Å². The predicted molar refractivity (Wildman–Crippen MR) is 86.4 cm³/mol. The molecule has 1 saturated heterocycles. The van der Waals surface area contributed by atoms with Gasteiger partial charge in [0.15, 0.2) is 0 Å². The van der Waals surface area contributed by atoms with Crippen molar-refractivity contribution in [2.45, 2.75) is 18.6 Å². The van der Waals surface area contributed by atoms with Crippen LogP contribution in [0.4, 0.5) is 0 Å². The number of rotatable bonds is 4. The van der Waals surface area contributed by atoms with E-state index in [1.54, 1.807) is 0 Å². The van der Waals surface area contributed by atoms with Crippen LogP contribution in [0.5, 0.6) is 0 Å². The molecule has 1 heterocycles. The molecule has 2 aromatic carbocycles. The van der Waals surface area contributed by atoms with E-state index in [9.17, 15) is 9.90 Å². The summed E-state index contributed by atoms with van der Waals surface area (Å²) in [7, 11) is 0. The number of aliphatic hydroxyl groups excluding tert-OH is 1. The van der Waals surface area contributed by atoms with Gasteiger partial charge in [-0.15, -0.1) is 0 Å². The second-order valence-corrected chi connectivity index (χ2v) is 5.49.